The van der Waals surface area contributed by atoms with Gasteiger partial charge in [0.15, 0.2) is 5.82 Å². The van der Waals surface area contributed by atoms with Crippen molar-refractivity contribution in [2.24, 2.45) is 7.05 Å². The molecule has 4 heterocycles. The van der Waals surface area contributed by atoms with Crippen LogP contribution in [0.25, 0.3) is 5.52 Å². The maximum atomic E-state index is 4.66. The fourth-order valence-corrected chi connectivity index (χ4v) is 3.40. The second-order valence-electron chi connectivity index (χ2n) is 6.02. The average Bonchev–Trinajstić information content (AvgIpc) is 3.11. The number of aromatic nitrogens is 5. The normalized spacial score (nSPS) is 19.0. The molecule has 0 radical (unpaired) electrons. The minimum absolute atomic E-state index is 0.344. The molecule has 1 saturated heterocycles. The first-order valence-corrected chi connectivity index (χ1v) is 7.78. The predicted molar refractivity (Wildman–Crippen MR) is 84.9 cm³/mol. The lowest BCUT2D eigenvalue weighted by atomic mass is 9.97. The summed E-state index contributed by atoms with van der Waals surface area (Å²) in [5, 5.41) is 8.84. The minimum Gasteiger partial charge on any atom is -0.348 e. The van der Waals surface area contributed by atoms with Gasteiger partial charge >= 0.3 is 0 Å². The zero-order chi connectivity index (χ0) is 15.1. The van der Waals surface area contributed by atoms with Crippen molar-refractivity contribution < 1.29 is 0 Å². The third-order valence-electron chi connectivity index (χ3n) is 4.38. The maximum absolute atomic E-state index is 4.66. The summed E-state index contributed by atoms with van der Waals surface area (Å²) in [6, 6.07) is 2.45. The van der Waals surface area contributed by atoms with Crippen LogP contribution in [-0.4, -0.2) is 30.9 Å². The second-order valence-corrected chi connectivity index (χ2v) is 6.02. The summed E-state index contributed by atoms with van der Waals surface area (Å²) in [6.07, 6.45) is 11.4. The zero-order valence-corrected chi connectivity index (χ0v) is 13.0. The van der Waals surface area contributed by atoms with Gasteiger partial charge < -0.3 is 4.90 Å². The molecule has 0 amide bonds. The van der Waals surface area contributed by atoms with Crippen LogP contribution < -0.4 is 4.90 Å². The van der Waals surface area contributed by atoms with Gasteiger partial charge in [-0.25, -0.2) is 9.50 Å². The Hall–Kier alpha value is -2.37. The summed E-state index contributed by atoms with van der Waals surface area (Å²) in [7, 11) is 1.97. The van der Waals surface area contributed by atoms with Crippen LogP contribution in [0.2, 0.25) is 0 Å². The summed E-state index contributed by atoms with van der Waals surface area (Å²) in [6.45, 7) is 3.04. The summed E-state index contributed by atoms with van der Waals surface area (Å²) in [5.74, 6) is 1.02. The van der Waals surface area contributed by atoms with Gasteiger partial charge in [0.05, 0.1) is 17.9 Å². The molecule has 1 aliphatic heterocycles. The van der Waals surface area contributed by atoms with Crippen molar-refractivity contribution >= 4 is 11.3 Å². The van der Waals surface area contributed by atoms with Crippen molar-refractivity contribution in [1.82, 2.24) is 24.4 Å². The molecule has 3 aromatic rings. The molecule has 6 heteroatoms. The van der Waals surface area contributed by atoms with E-state index in [1.165, 1.54) is 18.4 Å². The Balaban J connectivity index is 1.80. The largest absolute Gasteiger partial charge is 0.348 e. The van der Waals surface area contributed by atoms with Gasteiger partial charge in [-0.1, -0.05) is 0 Å². The van der Waals surface area contributed by atoms with Crippen LogP contribution in [0.15, 0.2) is 30.9 Å². The lowest BCUT2D eigenvalue weighted by Crippen LogP contribution is -2.34. The van der Waals surface area contributed by atoms with Gasteiger partial charge in [-0.05, 0) is 32.3 Å². The summed E-state index contributed by atoms with van der Waals surface area (Å²) in [5.41, 5.74) is 3.36. The van der Waals surface area contributed by atoms with Gasteiger partial charge in [0.1, 0.15) is 5.52 Å². The van der Waals surface area contributed by atoms with E-state index in [0.29, 0.717) is 6.04 Å². The van der Waals surface area contributed by atoms with Crippen molar-refractivity contribution in [2.45, 2.75) is 32.2 Å². The molecule has 1 aliphatic rings. The highest BCUT2D eigenvalue weighted by molar-refractivity contribution is 5.69. The van der Waals surface area contributed by atoms with E-state index in [1.54, 1.807) is 0 Å². The van der Waals surface area contributed by atoms with Crippen LogP contribution in [0.3, 0.4) is 0 Å². The number of hydrogen-bond donors (Lipinski definition) is 0. The molecule has 0 bridgehead atoms. The first kappa shape index (κ1) is 13.3. The van der Waals surface area contributed by atoms with E-state index in [4.69, 9.17) is 0 Å². The van der Waals surface area contributed by atoms with E-state index >= 15 is 0 Å². The molecule has 4 rings (SSSR count). The van der Waals surface area contributed by atoms with E-state index < -0.39 is 0 Å². The lowest BCUT2D eigenvalue weighted by Gasteiger charge is -2.36. The molecule has 1 unspecified atom stereocenters. The number of nitrogens with zero attached hydrogens (tertiary/aromatic N) is 6. The van der Waals surface area contributed by atoms with Crippen molar-refractivity contribution in [2.75, 3.05) is 11.4 Å². The van der Waals surface area contributed by atoms with Gasteiger partial charge in [0.25, 0.3) is 0 Å². The molecule has 0 saturated carbocycles. The fraction of sp³-hybridized carbons (Fsp3) is 0.438. The molecule has 114 valence electrons. The third-order valence-corrected chi connectivity index (χ3v) is 4.38. The van der Waals surface area contributed by atoms with Crippen molar-refractivity contribution in [3.8, 4) is 0 Å². The minimum atomic E-state index is 0.344. The summed E-state index contributed by atoms with van der Waals surface area (Å²) < 4.78 is 3.80. The molecule has 0 aliphatic carbocycles. The Kier molecular flexibility index (Phi) is 3.10. The molecule has 3 aromatic heterocycles. The number of fused-ring (bicyclic) bond motifs is 1. The molecule has 6 nitrogen and oxygen atoms in total. The molecular formula is C16H20N6. The fourth-order valence-electron chi connectivity index (χ4n) is 3.40. The highest BCUT2D eigenvalue weighted by Crippen LogP contribution is 2.35. The zero-order valence-electron chi connectivity index (χ0n) is 13.0. The van der Waals surface area contributed by atoms with Crippen molar-refractivity contribution in [1.29, 1.82) is 0 Å². The van der Waals surface area contributed by atoms with Crippen LogP contribution in [-0.2, 0) is 7.05 Å². The van der Waals surface area contributed by atoms with Gasteiger partial charge in [0.2, 0.25) is 0 Å². The Labute approximate surface area is 129 Å². The number of piperidine rings is 1. The Morgan fingerprint density at radius 3 is 3.00 bits per heavy atom. The quantitative estimate of drug-likeness (QED) is 0.729. The topological polar surface area (TPSA) is 51.2 Å². The second kappa shape index (κ2) is 5.12. The van der Waals surface area contributed by atoms with E-state index in [2.05, 4.69) is 32.3 Å². The van der Waals surface area contributed by atoms with Crippen LogP contribution in [0, 0.1) is 6.92 Å². The highest BCUT2D eigenvalue weighted by Gasteiger charge is 2.27. The van der Waals surface area contributed by atoms with E-state index in [1.807, 2.05) is 41.8 Å². The van der Waals surface area contributed by atoms with Gasteiger partial charge in [-0.15, -0.1) is 0 Å². The number of anilines is 1. The molecule has 0 spiro atoms. The number of hydrogen-bond acceptors (Lipinski definition) is 4. The molecule has 1 fully saturated rings. The van der Waals surface area contributed by atoms with Crippen molar-refractivity contribution in [3.63, 3.8) is 0 Å². The average molecular weight is 296 g/mol. The first-order chi connectivity index (χ1) is 10.7. The summed E-state index contributed by atoms with van der Waals surface area (Å²) in [4.78, 5) is 7.08. The van der Waals surface area contributed by atoms with Gasteiger partial charge in [0, 0.05) is 37.7 Å². The molecular weight excluding hydrogens is 276 g/mol. The number of rotatable bonds is 2. The van der Waals surface area contributed by atoms with Crippen LogP contribution >= 0.6 is 0 Å². The first-order valence-electron chi connectivity index (χ1n) is 7.78. The molecule has 1 atom stereocenters. The van der Waals surface area contributed by atoms with E-state index in [-0.39, 0.29) is 0 Å². The van der Waals surface area contributed by atoms with Crippen LogP contribution in [0.4, 0.5) is 5.82 Å². The van der Waals surface area contributed by atoms with E-state index in [9.17, 15) is 0 Å². The standard InChI is InChI=1S/C16H20N6/c1-12-9-15-16(17-6-8-22(15)19-12)21-7-4-3-5-14(21)13-10-18-20(2)11-13/h6,8-11,14H,3-5,7H2,1-2H3. The Bertz CT molecular complexity index is 802. The molecule has 22 heavy (non-hydrogen) atoms. The van der Waals surface area contributed by atoms with Gasteiger partial charge in [-0.2, -0.15) is 10.2 Å². The third kappa shape index (κ3) is 2.15. The predicted octanol–water partition coefficient (Wildman–Crippen LogP) is 2.50. The van der Waals surface area contributed by atoms with Crippen LogP contribution in [0.5, 0.6) is 0 Å². The Morgan fingerprint density at radius 2 is 2.18 bits per heavy atom. The highest BCUT2D eigenvalue weighted by atomic mass is 15.3. The van der Waals surface area contributed by atoms with Crippen LogP contribution in [0.1, 0.15) is 36.6 Å². The lowest BCUT2D eigenvalue weighted by molar-refractivity contribution is 0.470. The summed E-state index contributed by atoms with van der Waals surface area (Å²) >= 11 is 0. The smallest absolute Gasteiger partial charge is 0.155 e. The monoisotopic (exact) mass is 296 g/mol. The van der Waals surface area contributed by atoms with Gasteiger partial charge in [-0.3, -0.25) is 4.68 Å². The maximum Gasteiger partial charge on any atom is 0.155 e. The van der Waals surface area contributed by atoms with Crippen molar-refractivity contribution in [3.05, 3.63) is 42.1 Å². The molecule has 0 N–H and O–H groups in total. The Morgan fingerprint density at radius 1 is 1.27 bits per heavy atom. The SMILES string of the molecule is Cc1cc2c(N3CCCCC3c3cnn(C)c3)nccn2n1. The number of aryl methyl sites for hydroxylation is 2. The molecule has 0 aromatic carbocycles. The van der Waals surface area contributed by atoms with E-state index in [0.717, 1.165) is 30.0 Å².